The number of rotatable bonds is 1. The summed E-state index contributed by atoms with van der Waals surface area (Å²) in [7, 11) is 0. The first-order valence-electron chi connectivity index (χ1n) is 4.69. The zero-order valence-electron chi connectivity index (χ0n) is 7.96. The summed E-state index contributed by atoms with van der Waals surface area (Å²) >= 11 is 2.04. The Labute approximate surface area is 101 Å². The maximum atomic E-state index is 12.9. The van der Waals surface area contributed by atoms with Gasteiger partial charge in [-0.25, -0.2) is 9.18 Å². The van der Waals surface area contributed by atoms with E-state index in [1.807, 2.05) is 22.6 Å². The molecule has 0 atom stereocenters. The molecule has 0 saturated carbocycles. The first-order valence-corrected chi connectivity index (χ1v) is 5.77. The van der Waals surface area contributed by atoms with Crippen molar-refractivity contribution in [1.29, 1.82) is 0 Å². The minimum atomic E-state index is -0.277. The Morgan fingerprint density at radius 3 is 2.93 bits per heavy atom. The second-order valence-corrected chi connectivity index (χ2v) is 4.50. The SMILES string of the molecule is O=C1NCCCN1c1ccc(F)cc1I. The van der Waals surface area contributed by atoms with Gasteiger partial charge in [-0.05, 0) is 47.2 Å². The number of nitrogens with zero attached hydrogens (tertiary/aromatic N) is 1. The molecule has 1 N–H and O–H groups in total. The summed E-state index contributed by atoms with van der Waals surface area (Å²) in [6.07, 6.45) is 0.916. The molecule has 1 fully saturated rings. The Kier molecular flexibility index (Phi) is 3.08. The number of amides is 2. The lowest BCUT2D eigenvalue weighted by Crippen LogP contribution is -2.46. The fourth-order valence-corrected chi connectivity index (χ4v) is 2.33. The molecule has 0 aliphatic carbocycles. The zero-order chi connectivity index (χ0) is 10.8. The first-order chi connectivity index (χ1) is 7.18. The Bertz CT molecular complexity index is 397. The van der Waals surface area contributed by atoms with Crippen LogP contribution in [0.25, 0.3) is 0 Å². The summed E-state index contributed by atoms with van der Waals surface area (Å²) in [5.41, 5.74) is 0.772. The number of carbonyl (C=O) groups excluding carboxylic acids is 1. The molecule has 1 aliphatic rings. The molecule has 1 aromatic rings. The van der Waals surface area contributed by atoms with Crippen molar-refractivity contribution in [2.75, 3.05) is 18.0 Å². The summed E-state index contributed by atoms with van der Waals surface area (Å²) in [6, 6.07) is 4.34. The standard InChI is InChI=1S/C10H10FIN2O/c11-7-2-3-9(8(12)6-7)14-5-1-4-13-10(14)15/h2-3,6H,1,4-5H2,(H,13,15). The Morgan fingerprint density at radius 1 is 1.47 bits per heavy atom. The van der Waals surface area contributed by atoms with Crippen LogP contribution in [0.2, 0.25) is 0 Å². The molecule has 1 heterocycles. The second kappa shape index (κ2) is 4.34. The number of urea groups is 1. The van der Waals surface area contributed by atoms with Gasteiger partial charge in [0.15, 0.2) is 0 Å². The Morgan fingerprint density at radius 2 is 2.27 bits per heavy atom. The van der Waals surface area contributed by atoms with Crippen LogP contribution < -0.4 is 10.2 Å². The molecule has 0 unspecified atom stereocenters. The van der Waals surface area contributed by atoms with E-state index in [1.54, 1.807) is 11.0 Å². The predicted octanol–water partition coefficient (Wildman–Crippen LogP) is 2.35. The van der Waals surface area contributed by atoms with Crippen molar-refractivity contribution in [3.05, 3.63) is 27.6 Å². The zero-order valence-corrected chi connectivity index (χ0v) is 10.1. The molecule has 0 aromatic heterocycles. The predicted molar refractivity (Wildman–Crippen MR) is 64.5 cm³/mol. The highest BCUT2D eigenvalue weighted by atomic mass is 127. The summed E-state index contributed by atoms with van der Waals surface area (Å²) in [6.45, 7) is 1.40. The third-order valence-electron chi connectivity index (χ3n) is 2.28. The topological polar surface area (TPSA) is 32.3 Å². The van der Waals surface area contributed by atoms with E-state index in [0.717, 1.165) is 15.7 Å². The first kappa shape index (κ1) is 10.7. The van der Waals surface area contributed by atoms with Gasteiger partial charge in [0.05, 0.1) is 5.69 Å². The van der Waals surface area contributed by atoms with Crippen molar-refractivity contribution in [2.45, 2.75) is 6.42 Å². The molecule has 0 radical (unpaired) electrons. The molecule has 0 bridgehead atoms. The number of hydrogen-bond acceptors (Lipinski definition) is 1. The van der Waals surface area contributed by atoms with E-state index >= 15 is 0 Å². The number of hydrogen-bond donors (Lipinski definition) is 1. The van der Waals surface area contributed by atoms with Crippen molar-refractivity contribution in [1.82, 2.24) is 5.32 Å². The van der Waals surface area contributed by atoms with Crippen LogP contribution in [0.4, 0.5) is 14.9 Å². The molecular formula is C10H10FIN2O. The smallest absolute Gasteiger partial charge is 0.321 e. The van der Waals surface area contributed by atoms with Gasteiger partial charge in [0.1, 0.15) is 5.82 Å². The van der Waals surface area contributed by atoms with Gasteiger partial charge in [-0.15, -0.1) is 0 Å². The third-order valence-corrected chi connectivity index (χ3v) is 3.14. The van der Waals surface area contributed by atoms with Crippen LogP contribution in [0, 0.1) is 9.39 Å². The van der Waals surface area contributed by atoms with Gasteiger partial charge < -0.3 is 5.32 Å². The molecule has 3 nitrogen and oxygen atoms in total. The number of nitrogens with one attached hydrogen (secondary N) is 1. The van der Waals surface area contributed by atoms with Crippen LogP contribution in [-0.2, 0) is 0 Å². The van der Waals surface area contributed by atoms with Gasteiger partial charge in [-0.1, -0.05) is 0 Å². The average molecular weight is 320 g/mol. The Balaban J connectivity index is 2.31. The van der Waals surface area contributed by atoms with E-state index in [1.165, 1.54) is 12.1 Å². The number of halogens is 2. The normalized spacial score (nSPS) is 16.4. The van der Waals surface area contributed by atoms with Crippen molar-refractivity contribution in [2.24, 2.45) is 0 Å². The molecule has 15 heavy (non-hydrogen) atoms. The molecule has 1 aromatic carbocycles. The number of anilines is 1. The van der Waals surface area contributed by atoms with Crippen LogP contribution >= 0.6 is 22.6 Å². The molecule has 0 spiro atoms. The fourth-order valence-electron chi connectivity index (χ4n) is 1.56. The van der Waals surface area contributed by atoms with Crippen molar-refractivity contribution < 1.29 is 9.18 Å². The van der Waals surface area contributed by atoms with Gasteiger partial charge in [-0.2, -0.15) is 0 Å². The van der Waals surface area contributed by atoms with E-state index in [2.05, 4.69) is 5.32 Å². The van der Waals surface area contributed by atoms with Crippen LogP contribution in [0.1, 0.15) is 6.42 Å². The van der Waals surface area contributed by atoms with Crippen molar-refractivity contribution in [3.63, 3.8) is 0 Å². The highest BCUT2D eigenvalue weighted by molar-refractivity contribution is 14.1. The lowest BCUT2D eigenvalue weighted by molar-refractivity contribution is 0.243. The van der Waals surface area contributed by atoms with E-state index < -0.39 is 0 Å². The number of benzene rings is 1. The van der Waals surface area contributed by atoms with E-state index in [0.29, 0.717) is 13.1 Å². The maximum absolute atomic E-state index is 12.9. The van der Waals surface area contributed by atoms with Gasteiger partial charge in [0.2, 0.25) is 0 Å². The largest absolute Gasteiger partial charge is 0.338 e. The summed E-state index contributed by atoms with van der Waals surface area (Å²) in [5, 5.41) is 2.76. The van der Waals surface area contributed by atoms with E-state index in [-0.39, 0.29) is 11.8 Å². The van der Waals surface area contributed by atoms with E-state index in [4.69, 9.17) is 0 Å². The quantitative estimate of drug-likeness (QED) is 0.792. The molecule has 1 saturated heterocycles. The third kappa shape index (κ3) is 2.22. The lowest BCUT2D eigenvalue weighted by atomic mass is 10.2. The van der Waals surface area contributed by atoms with Crippen LogP contribution in [0.5, 0.6) is 0 Å². The molecule has 2 amide bonds. The molecule has 5 heteroatoms. The van der Waals surface area contributed by atoms with Gasteiger partial charge in [0.25, 0.3) is 0 Å². The highest BCUT2D eigenvalue weighted by Crippen LogP contribution is 2.24. The summed E-state index contributed by atoms with van der Waals surface area (Å²) in [5.74, 6) is -0.277. The minimum Gasteiger partial charge on any atom is -0.338 e. The van der Waals surface area contributed by atoms with Crippen LogP contribution in [0.15, 0.2) is 18.2 Å². The van der Waals surface area contributed by atoms with Crippen molar-refractivity contribution >= 4 is 34.3 Å². The van der Waals surface area contributed by atoms with Crippen molar-refractivity contribution in [3.8, 4) is 0 Å². The summed E-state index contributed by atoms with van der Waals surface area (Å²) < 4.78 is 13.6. The minimum absolute atomic E-state index is 0.106. The second-order valence-electron chi connectivity index (χ2n) is 3.33. The summed E-state index contributed by atoms with van der Waals surface area (Å²) in [4.78, 5) is 13.2. The Hall–Kier alpha value is -0.850. The van der Waals surface area contributed by atoms with Gasteiger partial charge >= 0.3 is 6.03 Å². The lowest BCUT2D eigenvalue weighted by Gasteiger charge is -2.28. The maximum Gasteiger partial charge on any atom is 0.321 e. The van der Waals surface area contributed by atoms with Gasteiger partial charge in [0, 0.05) is 16.7 Å². The molecular weight excluding hydrogens is 310 g/mol. The number of carbonyl (C=O) groups is 1. The fraction of sp³-hybridized carbons (Fsp3) is 0.300. The van der Waals surface area contributed by atoms with Gasteiger partial charge in [-0.3, -0.25) is 4.90 Å². The molecule has 2 rings (SSSR count). The molecule has 1 aliphatic heterocycles. The highest BCUT2D eigenvalue weighted by Gasteiger charge is 2.20. The molecule has 80 valence electrons. The van der Waals surface area contributed by atoms with Crippen LogP contribution in [0.3, 0.4) is 0 Å². The van der Waals surface area contributed by atoms with Crippen LogP contribution in [-0.4, -0.2) is 19.1 Å². The van der Waals surface area contributed by atoms with E-state index in [9.17, 15) is 9.18 Å². The monoisotopic (exact) mass is 320 g/mol. The average Bonchev–Trinajstić information content (AvgIpc) is 2.20.